The second kappa shape index (κ2) is 10.1. The van der Waals surface area contributed by atoms with Gasteiger partial charge in [-0.25, -0.2) is 4.79 Å². The molecule has 0 heterocycles. The summed E-state index contributed by atoms with van der Waals surface area (Å²) < 4.78 is 0. The van der Waals surface area contributed by atoms with E-state index in [1.807, 2.05) is 24.5 Å². The molecule has 0 saturated heterocycles. The van der Waals surface area contributed by atoms with Crippen LogP contribution in [0.5, 0.6) is 0 Å². The molecule has 2 unspecified atom stereocenters. The smallest absolute Gasteiger partial charge is 0.312 e. The van der Waals surface area contributed by atoms with E-state index in [4.69, 9.17) is 5.73 Å². The Balaban J connectivity index is 2.40. The number of amides is 3. The third kappa shape index (κ3) is 6.85. The van der Waals surface area contributed by atoms with Crippen LogP contribution in [-0.2, 0) is 4.79 Å². The fraction of sp³-hybridized carbons (Fsp3) is 0.500. The van der Waals surface area contributed by atoms with Crippen molar-refractivity contribution in [2.45, 2.75) is 31.7 Å². The number of primary amides is 1. The fourth-order valence-corrected chi connectivity index (χ4v) is 2.63. The molecule has 0 bridgehead atoms. The largest absolute Gasteiger partial charge is 0.354 e. The molecular weight excluding hydrogens is 298 g/mol. The Morgan fingerprint density at radius 2 is 1.91 bits per heavy atom. The zero-order chi connectivity index (χ0) is 16.4. The molecular formula is C16H25N3O2S. The van der Waals surface area contributed by atoms with Gasteiger partial charge in [0.15, 0.2) is 0 Å². The second-order valence-corrected chi connectivity index (χ2v) is 6.22. The SMILES string of the molecule is CSCCC(NC(N)=O)C(=O)NCCC(C)c1ccccc1. The summed E-state index contributed by atoms with van der Waals surface area (Å²) in [5, 5.41) is 5.38. The van der Waals surface area contributed by atoms with Crippen LogP contribution in [0, 0.1) is 0 Å². The lowest BCUT2D eigenvalue weighted by atomic mass is 9.98. The predicted octanol–water partition coefficient (Wildman–Crippen LogP) is 2.09. The van der Waals surface area contributed by atoms with Crippen molar-refractivity contribution in [3.8, 4) is 0 Å². The van der Waals surface area contributed by atoms with Crippen LogP contribution in [0.3, 0.4) is 0 Å². The maximum Gasteiger partial charge on any atom is 0.312 e. The van der Waals surface area contributed by atoms with Gasteiger partial charge in [-0.2, -0.15) is 11.8 Å². The van der Waals surface area contributed by atoms with Crippen molar-refractivity contribution in [3.05, 3.63) is 35.9 Å². The van der Waals surface area contributed by atoms with E-state index in [1.54, 1.807) is 11.8 Å². The normalized spacial score (nSPS) is 13.2. The number of rotatable bonds is 9. The standard InChI is InChI=1S/C16H25N3O2S/c1-12(13-6-4-3-5-7-13)8-10-18-15(20)14(9-11-22-2)19-16(17)21/h3-7,12,14H,8-11H2,1-2H3,(H,18,20)(H3,17,19,21). The minimum Gasteiger partial charge on any atom is -0.354 e. The van der Waals surface area contributed by atoms with E-state index in [-0.39, 0.29) is 5.91 Å². The van der Waals surface area contributed by atoms with Gasteiger partial charge in [0.1, 0.15) is 6.04 Å². The molecule has 22 heavy (non-hydrogen) atoms. The highest BCUT2D eigenvalue weighted by atomic mass is 32.2. The summed E-state index contributed by atoms with van der Waals surface area (Å²) in [4.78, 5) is 23.1. The molecule has 5 nitrogen and oxygen atoms in total. The molecule has 0 spiro atoms. The first-order valence-corrected chi connectivity index (χ1v) is 8.81. The third-order valence-corrected chi connectivity index (χ3v) is 4.13. The van der Waals surface area contributed by atoms with Gasteiger partial charge in [0.25, 0.3) is 0 Å². The number of benzene rings is 1. The highest BCUT2D eigenvalue weighted by Gasteiger charge is 2.19. The molecule has 0 fully saturated rings. The van der Waals surface area contributed by atoms with E-state index >= 15 is 0 Å². The number of hydrogen-bond acceptors (Lipinski definition) is 3. The number of hydrogen-bond donors (Lipinski definition) is 3. The molecule has 2 atom stereocenters. The van der Waals surface area contributed by atoms with Gasteiger partial charge in [-0.05, 0) is 36.3 Å². The molecule has 1 rings (SSSR count). The second-order valence-electron chi connectivity index (χ2n) is 5.23. The Hall–Kier alpha value is -1.69. The van der Waals surface area contributed by atoms with Gasteiger partial charge in [-0.1, -0.05) is 37.3 Å². The molecule has 122 valence electrons. The maximum absolute atomic E-state index is 12.1. The van der Waals surface area contributed by atoms with Gasteiger partial charge >= 0.3 is 6.03 Å². The van der Waals surface area contributed by atoms with Crippen molar-refractivity contribution in [2.75, 3.05) is 18.6 Å². The minimum atomic E-state index is -0.668. The molecule has 1 aromatic rings. The van der Waals surface area contributed by atoms with Crippen LogP contribution in [0.15, 0.2) is 30.3 Å². The van der Waals surface area contributed by atoms with Gasteiger partial charge in [0.2, 0.25) is 5.91 Å². The number of nitrogens with two attached hydrogens (primary N) is 1. The van der Waals surface area contributed by atoms with Crippen LogP contribution in [0.1, 0.15) is 31.2 Å². The quantitative estimate of drug-likeness (QED) is 0.650. The van der Waals surface area contributed by atoms with E-state index < -0.39 is 12.1 Å². The summed E-state index contributed by atoms with van der Waals surface area (Å²) in [7, 11) is 0. The van der Waals surface area contributed by atoms with Crippen LogP contribution in [0.4, 0.5) is 4.79 Å². The van der Waals surface area contributed by atoms with Crippen LogP contribution in [-0.4, -0.2) is 36.5 Å². The van der Waals surface area contributed by atoms with E-state index in [2.05, 4.69) is 29.7 Å². The molecule has 0 aliphatic carbocycles. The number of urea groups is 1. The summed E-state index contributed by atoms with van der Waals surface area (Å²) >= 11 is 1.63. The van der Waals surface area contributed by atoms with E-state index in [0.717, 1.165) is 12.2 Å². The number of carbonyl (C=O) groups excluding carboxylic acids is 2. The fourth-order valence-electron chi connectivity index (χ4n) is 2.16. The third-order valence-electron chi connectivity index (χ3n) is 3.49. The lowest BCUT2D eigenvalue weighted by Crippen LogP contribution is -2.49. The van der Waals surface area contributed by atoms with Gasteiger partial charge < -0.3 is 16.4 Å². The Kier molecular flexibility index (Phi) is 8.43. The molecule has 6 heteroatoms. The van der Waals surface area contributed by atoms with E-state index in [0.29, 0.717) is 18.9 Å². The van der Waals surface area contributed by atoms with Gasteiger partial charge in [0, 0.05) is 6.54 Å². The van der Waals surface area contributed by atoms with Gasteiger partial charge in [0.05, 0.1) is 0 Å². The first kappa shape index (κ1) is 18.4. The lowest BCUT2D eigenvalue weighted by Gasteiger charge is -2.18. The zero-order valence-electron chi connectivity index (χ0n) is 13.2. The Morgan fingerprint density at radius 3 is 2.50 bits per heavy atom. The first-order chi connectivity index (χ1) is 10.5. The summed E-state index contributed by atoms with van der Waals surface area (Å²) in [6.07, 6.45) is 3.38. The molecule has 1 aromatic carbocycles. The monoisotopic (exact) mass is 323 g/mol. The van der Waals surface area contributed by atoms with Crippen molar-refractivity contribution >= 4 is 23.7 Å². The number of carbonyl (C=O) groups is 2. The topological polar surface area (TPSA) is 84.2 Å². The number of nitrogens with one attached hydrogen (secondary N) is 2. The molecule has 0 aromatic heterocycles. The van der Waals surface area contributed by atoms with Crippen molar-refractivity contribution in [1.82, 2.24) is 10.6 Å². The average molecular weight is 323 g/mol. The molecule has 0 aliphatic heterocycles. The van der Waals surface area contributed by atoms with Crippen LogP contribution in [0.2, 0.25) is 0 Å². The molecule has 3 amide bonds. The Morgan fingerprint density at radius 1 is 1.23 bits per heavy atom. The maximum atomic E-state index is 12.1. The highest BCUT2D eigenvalue weighted by Crippen LogP contribution is 2.17. The van der Waals surface area contributed by atoms with Crippen molar-refractivity contribution < 1.29 is 9.59 Å². The van der Waals surface area contributed by atoms with Crippen molar-refractivity contribution in [3.63, 3.8) is 0 Å². The predicted molar refractivity (Wildman–Crippen MR) is 92.0 cm³/mol. The van der Waals surface area contributed by atoms with Crippen molar-refractivity contribution in [1.29, 1.82) is 0 Å². The summed E-state index contributed by atoms with van der Waals surface area (Å²) in [6, 6.07) is 8.96. The minimum absolute atomic E-state index is 0.173. The van der Waals surface area contributed by atoms with E-state index in [9.17, 15) is 9.59 Å². The highest BCUT2D eigenvalue weighted by molar-refractivity contribution is 7.98. The van der Waals surface area contributed by atoms with E-state index in [1.165, 1.54) is 5.56 Å². The molecule has 0 aliphatic rings. The Labute approximate surface area is 136 Å². The molecule has 4 N–H and O–H groups in total. The van der Waals surface area contributed by atoms with Crippen molar-refractivity contribution in [2.24, 2.45) is 5.73 Å². The molecule has 0 saturated carbocycles. The molecule has 0 radical (unpaired) electrons. The first-order valence-electron chi connectivity index (χ1n) is 7.42. The summed E-state index contributed by atoms with van der Waals surface area (Å²) in [5.74, 6) is 0.988. The Bertz CT molecular complexity index is 468. The zero-order valence-corrected chi connectivity index (χ0v) is 14.0. The van der Waals surface area contributed by atoms with Crippen LogP contribution in [0.25, 0.3) is 0 Å². The van der Waals surface area contributed by atoms with Crippen LogP contribution < -0.4 is 16.4 Å². The lowest BCUT2D eigenvalue weighted by molar-refractivity contribution is -0.122. The van der Waals surface area contributed by atoms with Crippen LogP contribution >= 0.6 is 11.8 Å². The summed E-state index contributed by atoms with van der Waals surface area (Å²) in [5.41, 5.74) is 6.37. The van der Waals surface area contributed by atoms with Gasteiger partial charge in [-0.15, -0.1) is 0 Å². The number of thioether (sulfide) groups is 1. The summed E-state index contributed by atoms with van der Waals surface area (Å²) in [6.45, 7) is 2.71. The average Bonchev–Trinajstić information content (AvgIpc) is 2.51. The van der Waals surface area contributed by atoms with Gasteiger partial charge in [-0.3, -0.25) is 4.79 Å².